The summed E-state index contributed by atoms with van der Waals surface area (Å²) >= 11 is 10.6. The van der Waals surface area contributed by atoms with Crippen LogP contribution in [0, 0.1) is 20.8 Å². The normalized spacial score (nSPS) is 9.43. The van der Waals surface area contributed by atoms with Crippen LogP contribution < -0.4 is 0 Å². The van der Waals surface area contributed by atoms with Gasteiger partial charge in [0.2, 0.25) is 0 Å². The summed E-state index contributed by atoms with van der Waals surface area (Å²) in [5.74, 6) is 0. The van der Waals surface area contributed by atoms with Gasteiger partial charge >= 0.3 is 22.4 Å². The van der Waals surface area contributed by atoms with E-state index in [1.54, 1.807) is 0 Å². The maximum atomic E-state index is 11.1. The number of carbonyl (C=O) groups excluding carboxylic acids is 1. The summed E-state index contributed by atoms with van der Waals surface area (Å²) in [5.41, 5.74) is 3.25. The standard InChI is InChI=1S/C10H11ClOS.Au/c1-5-4-6(2)9(11)7(3)8(5)10(12)13;/h4H,1-3H3,(H,12,13);/q;+1/p-1. The molecule has 80 valence electrons. The van der Waals surface area contributed by atoms with Crippen LogP contribution in [0.4, 0.5) is 0 Å². The summed E-state index contributed by atoms with van der Waals surface area (Å²) in [7, 11) is 0. The Morgan fingerprint density at radius 1 is 1.29 bits per heavy atom. The van der Waals surface area contributed by atoms with Crippen LogP contribution >= 0.6 is 11.6 Å². The molecule has 0 bridgehead atoms. The van der Waals surface area contributed by atoms with Crippen LogP contribution in [0.3, 0.4) is 0 Å². The van der Waals surface area contributed by atoms with Crippen molar-refractivity contribution in [2.75, 3.05) is 0 Å². The van der Waals surface area contributed by atoms with Gasteiger partial charge in [0.25, 0.3) is 0 Å². The van der Waals surface area contributed by atoms with Crippen LogP contribution in [0.15, 0.2) is 6.07 Å². The Morgan fingerprint density at radius 3 is 2.21 bits per heavy atom. The molecule has 1 aromatic carbocycles. The molecule has 0 heterocycles. The zero-order valence-electron chi connectivity index (χ0n) is 8.07. The minimum Gasteiger partial charge on any atom is -0.737 e. The first-order valence-corrected chi connectivity index (χ1v) is 4.71. The van der Waals surface area contributed by atoms with Gasteiger partial charge in [0.15, 0.2) is 0 Å². The van der Waals surface area contributed by atoms with Crippen LogP contribution in [0.5, 0.6) is 0 Å². The van der Waals surface area contributed by atoms with E-state index in [1.807, 2.05) is 26.8 Å². The molecule has 0 saturated carbocycles. The molecule has 0 radical (unpaired) electrons. The molecule has 0 aliphatic rings. The van der Waals surface area contributed by atoms with Gasteiger partial charge < -0.3 is 17.4 Å². The first-order valence-electron chi connectivity index (χ1n) is 3.92. The quantitative estimate of drug-likeness (QED) is 0.523. The Balaban J connectivity index is 0.00000169. The summed E-state index contributed by atoms with van der Waals surface area (Å²) in [6.45, 7) is 5.61. The zero-order chi connectivity index (χ0) is 10.2. The third-order valence-corrected chi connectivity index (χ3v) is 2.87. The fraction of sp³-hybridized carbons (Fsp3) is 0.300. The van der Waals surface area contributed by atoms with E-state index in [4.69, 9.17) is 11.6 Å². The number of halogens is 1. The Kier molecular flexibility index (Phi) is 5.34. The van der Waals surface area contributed by atoms with Crippen LogP contribution in [0.1, 0.15) is 27.0 Å². The van der Waals surface area contributed by atoms with Crippen LogP contribution in [0.2, 0.25) is 5.02 Å². The van der Waals surface area contributed by atoms with Gasteiger partial charge in [0.05, 0.1) is 0 Å². The minimum atomic E-state index is -0.336. The molecule has 0 saturated heterocycles. The van der Waals surface area contributed by atoms with Gasteiger partial charge in [0.1, 0.15) is 0 Å². The molecule has 4 heteroatoms. The van der Waals surface area contributed by atoms with Crippen molar-refractivity contribution in [1.82, 2.24) is 0 Å². The van der Waals surface area contributed by atoms with Crippen molar-refractivity contribution in [3.05, 3.63) is 33.3 Å². The van der Waals surface area contributed by atoms with Gasteiger partial charge in [0, 0.05) is 15.7 Å². The Hall–Kier alpha value is 0.140. The van der Waals surface area contributed by atoms with E-state index in [0.29, 0.717) is 10.6 Å². The summed E-state index contributed by atoms with van der Waals surface area (Å²) in [5, 5.41) is 0.302. The maximum absolute atomic E-state index is 11.1. The molecule has 0 N–H and O–H groups in total. The van der Waals surface area contributed by atoms with Gasteiger partial charge in [-0.1, -0.05) is 17.7 Å². The molecule has 0 spiro atoms. The van der Waals surface area contributed by atoms with Crippen molar-refractivity contribution >= 4 is 29.3 Å². The van der Waals surface area contributed by atoms with Gasteiger partial charge in [-0.25, -0.2) is 0 Å². The second-order valence-corrected chi connectivity index (χ2v) is 3.86. The predicted octanol–water partition coefficient (Wildman–Crippen LogP) is 2.95. The van der Waals surface area contributed by atoms with E-state index in [0.717, 1.165) is 16.7 Å². The maximum Gasteiger partial charge on any atom is 1.00 e. The Morgan fingerprint density at radius 2 is 1.79 bits per heavy atom. The van der Waals surface area contributed by atoms with E-state index in [1.165, 1.54) is 0 Å². The molecule has 1 aromatic rings. The third-order valence-electron chi connectivity index (χ3n) is 2.08. The molecule has 0 fully saturated rings. The number of carbonyl (C=O) groups is 1. The molecule has 1 rings (SSSR count). The van der Waals surface area contributed by atoms with E-state index >= 15 is 0 Å². The summed E-state index contributed by atoms with van der Waals surface area (Å²) in [6.07, 6.45) is 0. The van der Waals surface area contributed by atoms with Crippen molar-refractivity contribution in [1.29, 1.82) is 0 Å². The van der Waals surface area contributed by atoms with E-state index in [2.05, 4.69) is 12.6 Å². The second kappa shape index (κ2) is 5.29. The number of hydrogen-bond acceptors (Lipinski definition) is 2. The first kappa shape index (κ1) is 14.1. The summed E-state index contributed by atoms with van der Waals surface area (Å²) in [4.78, 5) is 11.1. The smallest absolute Gasteiger partial charge is 0.737 e. The van der Waals surface area contributed by atoms with E-state index in [9.17, 15) is 4.79 Å². The van der Waals surface area contributed by atoms with Crippen LogP contribution in [-0.2, 0) is 35.0 Å². The molecule has 0 aliphatic carbocycles. The largest absolute Gasteiger partial charge is 1.00 e. The van der Waals surface area contributed by atoms with E-state index in [-0.39, 0.29) is 27.5 Å². The zero-order valence-corrected chi connectivity index (χ0v) is 11.8. The van der Waals surface area contributed by atoms with Gasteiger partial charge in [-0.15, -0.1) is 0 Å². The van der Waals surface area contributed by atoms with Crippen LogP contribution in [-0.4, -0.2) is 5.12 Å². The Labute approximate surface area is 110 Å². The third kappa shape index (κ3) is 2.59. The number of hydrogen-bond donors (Lipinski definition) is 0. The Bertz CT molecular complexity index is 377. The molecule has 0 aliphatic heterocycles. The predicted molar refractivity (Wildman–Crippen MR) is 57.4 cm³/mol. The number of rotatable bonds is 1. The van der Waals surface area contributed by atoms with Crippen molar-refractivity contribution in [3.8, 4) is 0 Å². The molecule has 1 nitrogen and oxygen atoms in total. The molecular weight excluding hydrogens is 401 g/mol. The molecule has 0 unspecified atom stereocenters. The molecule has 0 aromatic heterocycles. The SMILES string of the molecule is Cc1cc(C)c(C(=O)[S-])c(C)c1Cl.[Au+]. The number of aryl methyl sites for hydroxylation is 2. The minimum absolute atomic E-state index is 0. The molecule has 0 amide bonds. The van der Waals surface area contributed by atoms with Crippen molar-refractivity contribution in [2.24, 2.45) is 0 Å². The van der Waals surface area contributed by atoms with Crippen molar-refractivity contribution < 1.29 is 27.2 Å². The fourth-order valence-corrected chi connectivity index (χ4v) is 1.94. The first-order chi connectivity index (χ1) is 5.95. The molecule has 0 atom stereocenters. The average Bonchev–Trinajstić information content (AvgIpc) is 1.99. The summed E-state index contributed by atoms with van der Waals surface area (Å²) in [6, 6.07) is 1.88. The van der Waals surface area contributed by atoms with E-state index < -0.39 is 0 Å². The second-order valence-electron chi connectivity index (χ2n) is 3.11. The van der Waals surface area contributed by atoms with Crippen molar-refractivity contribution in [3.63, 3.8) is 0 Å². The summed E-state index contributed by atoms with van der Waals surface area (Å²) < 4.78 is 0. The van der Waals surface area contributed by atoms with Crippen LogP contribution in [0.25, 0.3) is 0 Å². The van der Waals surface area contributed by atoms with Gasteiger partial charge in [-0.05, 0) is 37.5 Å². The average molecular weight is 411 g/mol. The monoisotopic (exact) mass is 410 g/mol. The van der Waals surface area contributed by atoms with Crippen molar-refractivity contribution in [2.45, 2.75) is 20.8 Å². The molecular formula is C10H10AuClOS. The van der Waals surface area contributed by atoms with Gasteiger partial charge in [-0.2, -0.15) is 0 Å². The topological polar surface area (TPSA) is 17.1 Å². The van der Waals surface area contributed by atoms with Gasteiger partial charge in [-0.3, -0.25) is 0 Å². The molecule has 14 heavy (non-hydrogen) atoms. The fourth-order valence-electron chi connectivity index (χ4n) is 1.48. The number of benzene rings is 1.